The van der Waals surface area contributed by atoms with Crippen molar-refractivity contribution in [1.29, 1.82) is 0 Å². The molecule has 5 nitrogen and oxygen atoms in total. The molecule has 0 aliphatic heterocycles. The molecular formula is C15H22N2O3S. The number of hydrogen-bond acceptors (Lipinski definition) is 5. The number of nitrogens with two attached hydrogens (primary N) is 1. The number of nitrogens with one attached hydrogen (secondary N) is 1. The largest absolute Gasteiger partial charge is 0.462 e. The number of fused-ring (bicyclic) bond motifs is 1. The summed E-state index contributed by atoms with van der Waals surface area (Å²) >= 11 is 1.50. The molecule has 6 heteroatoms. The molecule has 1 amide bonds. The number of thiophene rings is 1. The Balaban J connectivity index is 2.15. The van der Waals surface area contributed by atoms with Crippen LogP contribution in [0.2, 0.25) is 0 Å². The van der Waals surface area contributed by atoms with Crippen molar-refractivity contribution in [2.75, 3.05) is 11.9 Å². The lowest BCUT2D eigenvalue weighted by atomic mass is 10.1. The number of rotatable bonds is 6. The maximum atomic E-state index is 12.1. The summed E-state index contributed by atoms with van der Waals surface area (Å²) < 4.78 is 5.13. The normalized spacial score (nSPS) is 14.6. The molecule has 0 spiro atoms. The van der Waals surface area contributed by atoms with Crippen LogP contribution in [0.25, 0.3) is 0 Å². The Kier molecular flexibility index (Phi) is 5.36. The summed E-state index contributed by atoms with van der Waals surface area (Å²) in [4.78, 5) is 25.3. The highest BCUT2D eigenvalue weighted by Gasteiger charge is 2.28. The zero-order valence-electron chi connectivity index (χ0n) is 12.5. The van der Waals surface area contributed by atoms with Crippen LogP contribution in [-0.2, 0) is 22.4 Å². The molecule has 1 aliphatic carbocycles. The summed E-state index contributed by atoms with van der Waals surface area (Å²) in [7, 11) is 0. The third-order valence-corrected chi connectivity index (χ3v) is 4.69. The molecule has 0 fully saturated rings. The average molecular weight is 310 g/mol. The minimum atomic E-state index is -0.334. The topological polar surface area (TPSA) is 81.4 Å². The summed E-state index contributed by atoms with van der Waals surface area (Å²) in [5.41, 5.74) is 7.27. The fraction of sp³-hybridized carbons (Fsp3) is 0.600. The first-order valence-electron chi connectivity index (χ1n) is 7.40. The molecule has 3 N–H and O–H groups in total. The van der Waals surface area contributed by atoms with E-state index in [4.69, 9.17) is 10.5 Å². The Morgan fingerprint density at radius 3 is 2.86 bits per heavy atom. The van der Waals surface area contributed by atoms with E-state index in [-0.39, 0.29) is 17.9 Å². The van der Waals surface area contributed by atoms with Gasteiger partial charge in [-0.05, 0) is 45.1 Å². The molecule has 1 aromatic heterocycles. The zero-order chi connectivity index (χ0) is 15.4. The molecular weight excluding hydrogens is 288 g/mol. The van der Waals surface area contributed by atoms with Gasteiger partial charge in [0.15, 0.2) is 0 Å². The van der Waals surface area contributed by atoms with Gasteiger partial charge in [0.05, 0.1) is 12.2 Å². The molecule has 1 heterocycles. The number of anilines is 1. The highest BCUT2D eigenvalue weighted by molar-refractivity contribution is 7.17. The van der Waals surface area contributed by atoms with E-state index >= 15 is 0 Å². The van der Waals surface area contributed by atoms with Crippen LogP contribution >= 0.6 is 11.3 Å². The molecule has 0 saturated carbocycles. The fourth-order valence-electron chi connectivity index (χ4n) is 2.46. The van der Waals surface area contributed by atoms with Crippen LogP contribution in [0.3, 0.4) is 0 Å². The van der Waals surface area contributed by atoms with Crippen LogP contribution in [0.1, 0.15) is 53.9 Å². The Morgan fingerprint density at radius 2 is 2.19 bits per heavy atom. The van der Waals surface area contributed by atoms with Crippen molar-refractivity contribution in [3.63, 3.8) is 0 Å². The van der Waals surface area contributed by atoms with E-state index in [0.29, 0.717) is 30.0 Å². The molecule has 21 heavy (non-hydrogen) atoms. The van der Waals surface area contributed by atoms with E-state index in [1.54, 1.807) is 6.92 Å². The number of carbonyl (C=O) groups excluding carboxylic acids is 2. The van der Waals surface area contributed by atoms with Crippen molar-refractivity contribution in [2.45, 2.75) is 52.0 Å². The van der Waals surface area contributed by atoms with Gasteiger partial charge < -0.3 is 15.8 Å². The highest BCUT2D eigenvalue weighted by atomic mass is 32.1. The Bertz CT molecular complexity index is 537. The van der Waals surface area contributed by atoms with E-state index in [9.17, 15) is 9.59 Å². The minimum absolute atomic E-state index is 0.00591. The smallest absolute Gasteiger partial charge is 0.341 e. The van der Waals surface area contributed by atoms with E-state index in [0.717, 1.165) is 24.8 Å². The van der Waals surface area contributed by atoms with Crippen LogP contribution in [0, 0.1) is 0 Å². The van der Waals surface area contributed by atoms with Crippen molar-refractivity contribution in [3.05, 3.63) is 16.0 Å². The first-order valence-corrected chi connectivity index (χ1v) is 8.21. The minimum Gasteiger partial charge on any atom is -0.462 e. The summed E-state index contributed by atoms with van der Waals surface area (Å²) in [6, 6.07) is -0.00591. The lowest BCUT2D eigenvalue weighted by Crippen LogP contribution is -2.20. The van der Waals surface area contributed by atoms with Crippen molar-refractivity contribution in [1.82, 2.24) is 0 Å². The maximum Gasteiger partial charge on any atom is 0.341 e. The fourth-order valence-corrected chi connectivity index (χ4v) is 3.75. The highest BCUT2D eigenvalue weighted by Crippen LogP contribution is 2.39. The third kappa shape index (κ3) is 3.83. The van der Waals surface area contributed by atoms with Gasteiger partial charge in [-0.2, -0.15) is 0 Å². The lowest BCUT2D eigenvalue weighted by molar-refractivity contribution is -0.116. The van der Waals surface area contributed by atoms with Crippen LogP contribution < -0.4 is 11.1 Å². The molecule has 1 atom stereocenters. The molecule has 1 unspecified atom stereocenters. The number of ether oxygens (including phenoxy) is 1. The predicted molar refractivity (Wildman–Crippen MR) is 83.8 cm³/mol. The van der Waals surface area contributed by atoms with Crippen molar-refractivity contribution in [2.24, 2.45) is 5.73 Å². The Labute approximate surface area is 128 Å². The summed E-state index contributed by atoms with van der Waals surface area (Å²) in [5, 5.41) is 3.49. The van der Waals surface area contributed by atoms with Gasteiger partial charge in [-0.25, -0.2) is 4.79 Å². The van der Waals surface area contributed by atoms with Crippen molar-refractivity contribution in [3.8, 4) is 0 Å². The molecule has 0 saturated heterocycles. The number of hydrogen-bond donors (Lipinski definition) is 2. The van der Waals surface area contributed by atoms with Gasteiger partial charge >= 0.3 is 5.97 Å². The standard InChI is InChI=1S/C15H22N2O3S/c1-3-20-15(19)13-10-5-4-6-11(10)21-14(13)17-12(18)8-7-9(2)16/h9H,3-8,16H2,1-2H3,(H,17,18). The third-order valence-electron chi connectivity index (χ3n) is 3.48. The van der Waals surface area contributed by atoms with Crippen molar-refractivity contribution >= 4 is 28.2 Å². The van der Waals surface area contributed by atoms with E-state index in [1.165, 1.54) is 16.2 Å². The second-order valence-electron chi connectivity index (χ2n) is 5.35. The SMILES string of the molecule is CCOC(=O)c1c(NC(=O)CCC(C)N)sc2c1CCC2. The number of esters is 1. The van der Waals surface area contributed by atoms with Gasteiger partial charge in [-0.15, -0.1) is 11.3 Å². The van der Waals surface area contributed by atoms with E-state index in [1.807, 2.05) is 6.92 Å². The monoisotopic (exact) mass is 310 g/mol. The van der Waals surface area contributed by atoms with Crippen LogP contribution in [0.15, 0.2) is 0 Å². The zero-order valence-corrected chi connectivity index (χ0v) is 13.3. The second kappa shape index (κ2) is 7.04. The van der Waals surface area contributed by atoms with Gasteiger partial charge in [0.1, 0.15) is 5.00 Å². The molecule has 1 aromatic rings. The lowest BCUT2D eigenvalue weighted by Gasteiger charge is -2.08. The number of aryl methyl sites for hydroxylation is 1. The summed E-state index contributed by atoms with van der Waals surface area (Å²) in [6.45, 7) is 3.99. The summed E-state index contributed by atoms with van der Waals surface area (Å²) in [5.74, 6) is -0.433. The second-order valence-corrected chi connectivity index (χ2v) is 6.45. The average Bonchev–Trinajstić information content (AvgIpc) is 2.96. The molecule has 1 aliphatic rings. The number of amides is 1. The van der Waals surface area contributed by atoms with Gasteiger partial charge in [-0.3, -0.25) is 4.79 Å². The molecule has 0 radical (unpaired) electrons. The maximum absolute atomic E-state index is 12.1. The molecule has 116 valence electrons. The quantitative estimate of drug-likeness (QED) is 0.791. The van der Waals surface area contributed by atoms with Crippen LogP contribution in [0.5, 0.6) is 0 Å². The first-order chi connectivity index (χ1) is 10.0. The van der Waals surface area contributed by atoms with Crippen LogP contribution in [-0.4, -0.2) is 24.5 Å². The molecule has 0 aromatic carbocycles. The van der Waals surface area contributed by atoms with Gasteiger partial charge in [0, 0.05) is 17.3 Å². The van der Waals surface area contributed by atoms with Crippen LogP contribution in [0.4, 0.5) is 5.00 Å². The Morgan fingerprint density at radius 1 is 1.43 bits per heavy atom. The number of carbonyl (C=O) groups is 2. The van der Waals surface area contributed by atoms with E-state index in [2.05, 4.69) is 5.32 Å². The van der Waals surface area contributed by atoms with Gasteiger partial charge in [0.25, 0.3) is 0 Å². The summed E-state index contributed by atoms with van der Waals surface area (Å²) in [6.07, 6.45) is 3.92. The molecule has 2 rings (SSSR count). The Hall–Kier alpha value is -1.40. The van der Waals surface area contributed by atoms with Gasteiger partial charge in [-0.1, -0.05) is 0 Å². The van der Waals surface area contributed by atoms with Crippen molar-refractivity contribution < 1.29 is 14.3 Å². The first kappa shape index (κ1) is 16.0. The van der Waals surface area contributed by atoms with Gasteiger partial charge in [0.2, 0.25) is 5.91 Å². The molecule has 0 bridgehead atoms. The van der Waals surface area contributed by atoms with E-state index < -0.39 is 0 Å². The predicted octanol–water partition coefficient (Wildman–Crippen LogP) is 2.48.